The number of nitrogens with two attached hydrogens (primary N) is 1. The van der Waals surface area contributed by atoms with Gasteiger partial charge in [0, 0.05) is 31.0 Å². The van der Waals surface area contributed by atoms with Gasteiger partial charge in [0.1, 0.15) is 6.26 Å². The minimum Gasteiger partial charge on any atom is -0.458 e. The highest BCUT2D eigenvalue weighted by atomic mass is 35.5. The van der Waals surface area contributed by atoms with Crippen molar-refractivity contribution in [2.45, 2.75) is 31.6 Å². The predicted molar refractivity (Wildman–Crippen MR) is 110 cm³/mol. The van der Waals surface area contributed by atoms with Crippen molar-refractivity contribution < 1.29 is 19.1 Å². The Morgan fingerprint density at radius 2 is 1.79 bits per heavy atom. The molecule has 1 unspecified atom stereocenters. The lowest BCUT2D eigenvalue weighted by Gasteiger charge is -2.27. The van der Waals surface area contributed by atoms with Crippen LogP contribution in [0.1, 0.15) is 17.5 Å². The molecule has 2 aromatic rings. The summed E-state index contributed by atoms with van der Waals surface area (Å²) >= 11 is 5.93. The van der Waals surface area contributed by atoms with E-state index in [2.05, 4.69) is 0 Å². The molecule has 1 aliphatic rings. The summed E-state index contributed by atoms with van der Waals surface area (Å²) in [6.45, 7) is 0. The molecule has 3 rings (SSSR count). The number of halogens is 1. The first-order valence-electron chi connectivity index (χ1n) is 9.28. The van der Waals surface area contributed by atoms with E-state index in [1.165, 1.54) is 11.2 Å². The molecule has 0 aliphatic carbocycles. The number of ether oxygens (including phenoxy) is 2. The molecular formula is C22H23ClN2O4. The zero-order chi connectivity index (χ0) is 20.8. The molecule has 0 bridgehead atoms. The van der Waals surface area contributed by atoms with Crippen LogP contribution in [0.3, 0.4) is 0 Å². The quantitative estimate of drug-likeness (QED) is 0.719. The molecule has 152 valence electrons. The van der Waals surface area contributed by atoms with E-state index in [1.54, 1.807) is 19.2 Å². The Bertz CT molecular complexity index is 883. The van der Waals surface area contributed by atoms with Crippen molar-refractivity contribution in [2.75, 3.05) is 7.05 Å². The van der Waals surface area contributed by atoms with Gasteiger partial charge in [0.05, 0.1) is 0 Å². The third-order valence-electron chi connectivity index (χ3n) is 4.73. The molecule has 0 saturated carbocycles. The Morgan fingerprint density at radius 3 is 2.45 bits per heavy atom. The molecule has 0 aromatic heterocycles. The maximum absolute atomic E-state index is 12.9. The number of rotatable bonds is 8. The number of carbonyl (C=O) groups is 2. The van der Waals surface area contributed by atoms with E-state index in [-0.39, 0.29) is 18.1 Å². The highest BCUT2D eigenvalue weighted by Gasteiger charge is 2.31. The molecule has 2 N–H and O–H groups in total. The van der Waals surface area contributed by atoms with Gasteiger partial charge in [-0.2, -0.15) is 0 Å². The minimum absolute atomic E-state index is 0.0342. The van der Waals surface area contributed by atoms with Gasteiger partial charge in [0.2, 0.25) is 18.0 Å². The Kier molecular flexibility index (Phi) is 6.77. The normalized spacial score (nSPS) is 16.3. The molecule has 2 atom stereocenters. The van der Waals surface area contributed by atoms with Gasteiger partial charge < -0.3 is 20.1 Å². The van der Waals surface area contributed by atoms with Crippen molar-refractivity contribution in [3.8, 4) is 0 Å². The van der Waals surface area contributed by atoms with E-state index >= 15 is 0 Å². The van der Waals surface area contributed by atoms with Crippen molar-refractivity contribution in [1.29, 1.82) is 0 Å². The predicted octanol–water partition coefficient (Wildman–Crippen LogP) is 3.04. The summed E-state index contributed by atoms with van der Waals surface area (Å²) in [5.74, 6) is -0.733. The Labute approximate surface area is 174 Å². The zero-order valence-corrected chi connectivity index (χ0v) is 16.8. The van der Waals surface area contributed by atoms with Gasteiger partial charge in [-0.15, -0.1) is 0 Å². The van der Waals surface area contributed by atoms with Gasteiger partial charge in [-0.05, 0) is 29.7 Å². The highest BCUT2D eigenvalue weighted by molar-refractivity contribution is 6.30. The van der Waals surface area contributed by atoms with Gasteiger partial charge in [-0.25, -0.2) is 0 Å². The van der Waals surface area contributed by atoms with Crippen LogP contribution in [0.25, 0.3) is 0 Å². The van der Waals surface area contributed by atoms with Crippen LogP contribution in [0.2, 0.25) is 5.02 Å². The summed E-state index contributed by atoms with van der Waals surface area (Å²) in [6, 6.07) is 16.6. The number of amides is 2. The second kappa shape index (κ2) is 9.47. The Hall–Kier alpha value is -2.99. The average Bonchev–Trinajstić information content (AvgIpc) is 3.17. The SMILES string of the molecule is CN(C(=O)C1=COC(Cc2ccccc2)O1)[C@H](CC(N)=O)Cc1ccc(Cl)cc1. The molecule has 29 heavy (non-hydrogen) atoms. The molecule has 0 spiro atoms. The zero-order valence-electron chi connectivity index (χ0n) is 16.1. The van der Waals surface area contributed by atoms with E-state index in [4.69, 9.17) is 26.8 Å². The fourth-order valence-corrected chi connectivity index (χ4v) is 3.27. The maximum atomic E-state index is 12.9. The number of likely N-dealkylation sites (N-methyl/N-ethyl adjacent to an activating group) is 1. The average molecular weight is 415 g/mol. The highest BCUT2D eigenvalue weighted by Crippen LogP contribution is 2.22. The summed E-state index contributed by atoms with van der Waals surface area (Å²) < 4.78 is 11.2. The van der Waals surface area contributed by atoms with E-state index in [0.717, 1.165) is 11.1 Å². The first-order chi connectivity index (χ1) is 13.9. The second-order valence-electron chi connectivity index (χ2n) is 6.93. The molecule has 2 amide bonds. The van der Waals surface area contributed by atoms with Gasteiger partial charge >= 0.3 is 0 Å². The molecule has 1 heterocycles. The van der Waals surface area contributed by atoms with Gasteiger partial charge in [-0.3, -0.25) is 9.59 Å². The number of benzene rings is 2. The number of hydrogen-bond donors (Lipinski definition) is 1. The number of hydrogen-bond acceptors (Lipinski definition) is 4. The van der Waals surface area contributed by atoms with Crippen molar-refractivity contribution >= 4 is 23.4 Å². The molecule has 2 aromatic carbocycles. The largest absolute Gasteiger partial charge is 0.458 e. The van der Waals surface area contributed by atoms with Crippen LogP contribution in [-0.4, -0.2) is 36.1 Å². The van der Waals surface area contributed by atoms with Gasteiger partial charge in [0.15, 0.2) is 0 Å². The van der Waals surface area contributed by atoms with Crippen LogP contribution in [0, 0.1) is 0 Å². The van der Waals surface area contributed by atoms with Crippen LogP contribution in [0.4, 0.5) is 0 Å². The van der Waals surface area contributed by atoms with Crippen molar-refractivity contribution in [2.24, 2.45) is 5.73 Å². The first-order valence-corrected chi connectivity index (χ1v) is 9.66. The van der Waals surface area contributed by atoms with Gasteiger partial charge in [-0.1, -0.05) is 54.1 Å². The third-order valence-corrected chi connectivity index (χ3v) is 4.98. The lowest BCUT2D eigenvalue weighted by atomic mass is 10.0. The molecule has 0 radical (unpaired) electrons. The molecule has 7 heteroatoms. The summed E-state index contributed by atoms with van der Waals surface area (Å²) in [5.41, 5.74) is 7.39. The summed E-state index contributed by atoms with van der Waals surface area (Å²) in [7, 11) is 1.63. The maximum Gasteiger partial charge on any atom is 0.292 e. The minimum atomic E-state index is -0.560. The lowest BCUT2D eigenvalue weighted by Crippen LogP contribution is -2.42. The lowest BCUT2D eigenvalue weighted by molar-refractivity contribution is -0.134. The summed E-state index contributed by atoms with van der Waals surface area (Å²) in [4.78, 5) is 25.9. The van der Waals surface area contributed by atoms with Crippen molar-refractivity contribution in [3.63, 3.8) is 0 Å². The van der Waals surface area contributed by atoms with Crippen LogP contribution < -0.4 is 5.73 Å². The van der Waals surface area contributed by atoms with Crippen LogP contribution in [-0.2, 0) is 31.9 Å². The first kappa shape index (κ1) is 20.7. The summed E-state index contributed by atoms with van der Waals surface area (Å²) in [6.07, 6.45) is 1.79. The van der Waals surface area contributed by atoms with Crippen LogP contribution in [0.15, 0.2) is 66.6 Å². The topological polar surface area (TPSA) is 81.9 Å². The number of primary amides is 1. The van der Waals surface area contributed by atoms with E-state index in [0.29, 0.717) is 17.9 Å². The van der Waals surface area contributed by atoms with Crippen LogP contribution in [0.5, 0.6) is 0 Å². The number of nitrogens with zero attached hydrogens (tertiary/aromatic N) is 1. The Balaban J connectivity index is 1.64. The third kappa shape index (κ3) is 5.74. The standard InChI is InChI=1S/C22H23ClN2O4/c1-25(18(13-20(24)26)11-16-7-9-17(23)10-8-16)22(27)19-14-28-21(29-19)12-15-5-3-2-4-6-15/h2-10,14,18,21H,11-13H2,1H3,(H2,24,26)/t18-,21?/m0/s1. The Morgan fingerprint density at radius 1 is 1.10 bits per heavy atom. The van der Waals surface area contributed by atoms with Gasteiger partial charge in [0.25, 0.3) is 5.91 Å². The van der Waals surface area contributed by atoms with Crippen molar-refractivity contribution in [1.82, 2.24) is 4.90 Å². The van der Waals surface area contributed by atoms with E-state index in [1.807, 2.05) is 42.5 Å². The second-order valence-corrected chi connectivity index (χ2v) is 7.36. The number of carbonyl (C=O) groups excluding carboxylic acids is 2. The summed E-state index contributed by atoms with van der Waals surface area (Å²) in [5, 5.41) is 0.621. The molecule has 1 aliphatic heterocycles. The smallest absolute Gasteiger partial charge is 0.292 e. The molecule has 0 fully saturated rings. The van der Waals surface area contributed by atoms with Crippen molar-refractivity contribution in [3.05, 3.63) is 82.8 Å². The molecule has 6 nitrogen and oxygen atoms in total. The fourth-order valence-electron chi connectivity index (χ4n) is 3.14. The van der Waals surface area contributed by atoms with E-state index < -0.39 is 18.2 Å². The van der Waals surface area contributed by atoms with E-state index in [9.17, 15) is 9.59 Å². The molecule has 0 saturated heterocycles. The van der Waals surface area contributed by atoms with Crippen LogP contribution >= 0.6 is 11.6 Å². The fraction of sp³-hybridized carbons (Fsp3) is 0.273. The molecular weight excluding hydrogens is 392 g/mol. The monoisotopic (exact) mass is 414 g/mol.